The van der Waals surface area contributed by atoms with Gasteiger partial charge in [0.2, 0.25) is 0 Å². The van der Waals surface area contributed by atoms with Gasteiger partial charge in [-0.25, -0.2) is 4.39 Å². The second-order valence-corrected chi connectivity index (χ2v) is 7.85. The Balaban J connectivity index is 1.72. The minimum Gasteiger partial charge on any atom is -0.493 e. The maximum absolute atomic E-state index is 13.0. The predicted octanol–water partition coefficient (Wildman–Crippen LogP) is 5.70. The van der Waals surface area contributed by atoms with E-state index in [4.69, 9.17) is 32.7 Å². The molecule has 0 aliphatic rings. The van der Waals surface area contributed by atoms with Gasteiger partial charge in [0.1, 0.15) is 17.5 Å². The Bertz CT molecular complexity index is 1300. The van der Waals surface area contributed by atoms with Crippen LogP contribution in [0.25, 0.3) is 6.08 Å². The second-order valence-electron chi connectivity index (χ2n) is 7.01. The molecule has 0 aliphatic carbocycles. The maximum atomic E-state index is 13.0. The number of amides is 2. The van der Waals surface area contributed by atoms with Gasteiger partial charge >= 0.3 is 0 Å². The quantitative estimate of drug-likeness (QED) is 0.297. The molecular formula is C25H18Cl2FN3O4. The molecule has 0 atom stereocenters. The van der Waals surface area contributed by atoms with E-state index in [2.05, 4.69) is 10.6 Å². The molecule has 2 amide bonds. The molecule has 0 saturated heterocycles. The van der Waals surface area contributed by atoms with Crippen LogP contribution in [0.3, 0.4) is 0 Å². The van der Waals surface area contributed by atoms with Crippen molar-refractivity contribution in [3.63, 3.8) is 0 Å². The fourth-order valence-electron chi connectivity index (χ4n) is 2.88. The van der Waals surface area contributed by atoms with Gasteiger partial charge in [-0.15, -0.1) is 0 Å². The van der Waals surface area contributed by atoms with Gasteiger partial charge in [0.05, 0.1) is 12.1 Å². The molecule has 35 heavy (non-hydrogen) atoms. The normalized spacial score (nSPS) is 10.8. The number of nitrogens with one attached hydrogen (secondary N) is 2. The van der Waals surface area contributed by atoms with Gasteiger partial charge in [-0.1, -0.05) is 23.2 Å². The smallest absolute Gasteiger partial charge is 0.266 e. The lowest BCUT2D eigenvalue weighted by Crippen LogP contribution is -2.20. The van der Waals surface area contributed by atoms with E-state index in [-0.39, 0.29) is 22.1 Å². The summed E-state index contributed by atoms with van der Waals surface area (Å²) in [6.07, 6.45) is 1.34. The first kappa shape index (κ1) is 25.6. The van der Waals surface area contributed by atoms with Crippen LogP contribution in [0.2, 0.25) is 10.0 Å². The Morgan fingerprint density at radius 2 is 1.66 bits per heavy atom. The number of nitriles is 1. The minimum atomic E-state index is -0.622. The predicted molar refractivity (Wildman–Crippen MR) is 132 cm³/mol. The molecule has 0 aromatic heterocycles. The number of carbonyl (C=O) groups excluding carboxylic acids is 2. The van der Waals surface area contributed by atoms with Crippen molar-refractivity contribution in [3.05, 3.63) is 87.7 Å². The Morgan fingerprint density at radius 1 is 1.03 bits per heavy atom. The van der Waals surface area contributed by atoms with Crippen LogP contribution in [0.1, 0.15) is 5.56 Å². The molecule has 3 aromatic rings. The SMILES string of the molecule is COc1cc(/C=C(/C#N)C(=O)Nc2ccc(Cl)cc2)cc(Cl)c1OCC(=O)Nc1ccc(F)cc1. The number of ether oxygens (including phenoxy) is 2. The van der Waals surface area contributed by atoms with Crippen molar-refractivity contribution in [1.29, 1.82) is 5.26 Å². The molecule has 2 N–H and O–H groups in total. The first-order valence-electron chi connectivity index (χ1n) is 10.0. The van der Waals surface area contributed by atoms with Crippen LogP contribution in [-0.2, 0) is 9.59 Å². The third kappa shape index (κ3) is 7.21. The van der Waals surface area contributed by atoms with Gasteiger partial charge in [-0.3, -0.25) is 9.59 Å². The topological polar surface area (TPSA) is 100 Å². The van der Waals surface area contributed by atoms with Crippen LogP contribution in [0.5, 0.6) is 11.5 Å². The van der Waals surface area contributed by atoms with E-state index < -0.39 is 24.2 Å². The monoisotopic (exact) mass is 513 g/mol. The summed E-state index contributed by atoms with van der Waals surface area (Å²) in [6.45, 7) is -0.393. The van der Waals surface area contributed by atoms with Crippen molar-refractivity contribution in [2.45, 2.75) is 0 Å². The van der Waals surface area contributed by atoms with E-state index in [9.17, 15) is 19.2 Å². The van der Waals surface area contributed by atoms with Gasteiger partial charge in [0.15, 0.2) is 18.1 Å². The zero-order valence-electron chi connectivity index (χ0n) is 18.3. The zero-order valence-corrected chi connectivity index (χ0v) is 19.8. The van der Waals surface area contributed by atoms with Gasteiger partial charge in [-0.2, -0.15) is 5.26 Å². The Hall–Kier alpha value is -4.06. The lowest BCUT2D eigenvalue weighted by Gasteiger charge is -2.13. The zero-order chi connectivity index (χ0) is 25.4. The first-order valence-corrected chi connectivity index (χ1v) is 10.8. The van der Waals surface area contributed by atoms with Crippen molar-refractivity contribution >= 4 is 52.5 Å². The first-order chi connectivity index (χ1) is 16.8. The molecule has 0 fully saturated rings. The number of anilines is 2. The molecule has 3 rings (SSSR count). The van der Waals surface area contributed by atoms with Crippen LogP contribution in [0.4, 0.5) is 15.8 Å². The maximum Gasteiger partial charge on any atom is 0.266 e. The lowest BCUT2D eigenvalue weighted by atomic mass is 10.1. The van der Waals surface area contributed by atoms with Crippen LogP contribution < -0.4 is 20.1 Å². The van der Waals surface area contributed by atoms with Crippen LogP contribution in [-0.4, -0.2) is 25.5 Å². The van der Waals surface area contributed by atoms with Gasteiger partial charge < -0.3 is 20.1 Å². The summed E-state index contributed by atoms with van der Waals surface area (Å²) in [5.41, 5.74) is 1.10. The molecule has 0 bridgehead atoms. The Labute approximate surface area is 210 Å². The summed E-state index contributed by atoms with van der Waals surface area (Å²) in [6, 6.07) is 16.5. The second kappa shape index (κ2) is 11.9. The van der Waals surface area contributed by atoms with E-state index in [1.54, 1.807) is 24.3 Å². The highest BCUT2D eigenvalue weighted by molar-refractivity contribution is 6.32. The number of benzene rings is 3. The minimum absolute atomic E-state index is 0.0978. The average molecular weight is 514 g/mol. The fourth-order valence-corrected chi connectivity index (χ4v) is 3.28. The molecule has 3 aromatic carbocycles. The number of halogens is 3. The van der Waals surface area contributed by atoms with Crippen molar-refractivity contribution in [2.75, 3.05) is 24.4 Å². The molecule has 7 nitrogen and oxygen atoms in total. The third-order valence-corrected chi connectivity index (χ3v) is 5.04. The lowest BCUT2D eigenvalue weighted by molar-refractivity contribution is -0.118. The summed E-state index contributed by atoms with van der Waals surface area (Å²) in [4.78, 5) is 24.7. The molecule has 0 aliphatic heterocycles. The van der Waals surface area contributed by atoms with E-state index in [0.717, 1.165) is 0 Å². The standard InChI is InChI=1S/C25H18Cl2FN3O4/c1-34-22-12-15(10-16(13-29)25(33)31-20-6-2-17(26)3-7-20)11-21(27)24(22)35-14-23(32)30-19-8-4-18(28)5-9-19/h2-12H,14H2,1H3,(H,30,32)(H,31,33)/b16-10-. The highest BCUT2D eigenvalue weighted by atomic mass is 35.5. The van der Waals surface area contributed by atoms with E-state index in [1.165, 1.54) is 49.6 Å². The fraction of sp³-hybridized carbons (Fsp3) is 0.0800. The number of rotatable bonds is 8. The molecule has 0 saturated carbocycles. The highest BCUT2D eigenvalue weighted by Crippen LogP contribution is 2.37. The van der Waals surface area contributed by atoms with Gasteiger partial charge in [0.25, 0.3) is 11.8 Å². The van der Waals surface area contributed by atoms with E-state index in [0.29, 0.717) is 22.0 Å². The third-order valence-electron chi connectivity index (χ3n) is 4.51. The van der Waals surface area contributed by atoms with Crippen molar-refractivity contribution < 1.29 is 23.5 Å². The van der Waals surface area contributed by atoms with Gasteiger partial charge in [-0.05, 0) is 72.3 Å². The number of carbonyl (C=O) groups is 2. The largest absolute Gasteiger partial charge is 0.493 e. The van der Waals surface area contributed by atoms with E-state index >= 15 is 0 Å². The summed E-state index contributed by atoms with van der Waals surface area (Å²) >= 11 is 12.2. The molecular weight excluding hydrogens is 496 g/mol. The molecule has 0 heterocycles. The number of hydrogen-bond donors (Lipinski definition) is 2. The van der Waals surface area contributed by atoms with Crippen molar-refractivity contribution in [2.24, 2.45) is 0 Å². The van der Waals surface area contributed by atoms with E-state index in [1.807, 2.05) is 6.07 Å². The summed E-state index contributed by atoms with van der Waals surface area (Å²) in [5, 5.41) is 15.2. The van der Waals surface area contributed by atoms with Crippen molar-refractivity contribution in [3.8, 4) is 17.6 Å². The van der Waals surface area contributed by atoms with Crippen LogP contribution >= 0.6 is 23.2 Å². The molecule has 0 unspecified atom stereocenters. The van der Waals surface area contributed by atoms with Crippen molar-refractivity contribution in [1.82, 2.24) is 0 Å². The van der Waals surface area contributed by atoms with Crippen LogP contribution in [0.15, 0.2) is 66.2 Å². The average Bonchev–Trinajstić information content (AvgIpc) is 2.84. The summed E-state index contributed by atoms with van der Waals surface area (Å²) in [5.74, 6) is -1.25. The summed E-state index contributed by atoms with van der Waals surface area (Å²) in [7, 11) is 1.38. The van der Waals surface area contributed by atoms with Gasteiger partial charge in [0, 0.05) is 16.4 Å². The number of hydrogen-bond acceptors (Lipinski definition) is 5. The summed E-state index contributed by atoms with van der Waals surface area (Å²) < 4.78 is 23.8. The molecule has 0 spiro atoms. The Kier molecular flexibility index (Phi) is 8.68. The Morgan fingerprint density at radius 3 is 2.29 bits per heavy atom. The number of nitrogens with zero attached hydrogens (tertiary/aromatic N) is 1. The molecule has 10 heteroatoms. The highest BCUT2D eigenvalue weighted by Gasteiger charge is 2.16. The number of methoxy groups -OCH3 is 1. The van der Waals surface area contributed by atoms with Crippen LogP contribution in [0, 0.1) is 17.1 Å². The molecule has 178 valence electrons. The molecule has 0 radical (unpaired) electrons.